The van der Waals surface area contributed by atoms with E-state index in [4.69, 9.17) is 11.5 Å². The Kier molecular flexibility index (Phi) is 3.69. The molecule has 0 aliphatic carbocycles. The van der Waals surface area contributed by atoms with Crippen LogP contribution in [0.25, 0.3) is 0 Å². The Balaban J connectivity index is 2.26. The van der Waals surface area contributed by atoms with Crippen molar-refractivity contribution in [2.45, 2.75) is 25.8 Å². The predicted octanol–water partition coefficient (Wildman–Crippen LogP) is -0.469. The minimum Gasteiger partial charge on any atom is -0.368 e. The first-order valence-electron chi connectivity index (χ1n) is 4.87. The van der Waals surface area contributed by atoms with Gasteiger partial charge in [-0.15, -0.1) is 0 Å². The van der Waals surface area contributed by atoms with Crippen LogP contribution in [-0.2, 0) is 4.79 Å². The average Bonchev–Trinajstić information content (AvgIpc) is 2.08. The highest BCUT2D eigenvalue weighted by Crippen LogP contribution is 2.15. The lowest BCUT2D eigenvalue weighted by Crippen LogP contribution is -2.47. The highest BCUT2D eigenvalue weighted by atomic mass is 16.1. The van der Waals surface area contributed by atoms with Crippen LogP contribution in [0.1, 0.15) is 19.8 Å². The van der Waals surface area contributed by atoms with E-state index in [2.05, 4.69) is 11.8 Å². The quantitative estimate of drug-likeness (QED) is 0.624. The molecule has 1 saturated heterocycles. The monoisotopic (exact) mass is 185 g/mol. The molecule has 1 fully saturated rings. The van der Waals surface area contributed by atoms with Crippen LogP contribution >= 0.6 is 0 Å². The van der Waals surface area contributed by atoms with Gasteiger partial charge in [-0.25, -0.2) is 0 Å². The van der Waals surface area contributed by atoms with Crippen LogP contribution in [-0.4, -0.2) is 36.5 Å². The lowest BCUT2D eigenvalue weighted by atomic mass is 9.99. The van der Waals surface area contributed by atoms with Gasteiger partial charge >= 0.3 is 0 Å². The Bertz CT molecular complexity index is 176. The van der Waals surface area contributed by atoms with Crippen molar-refractivity contribution in [3.63, 3.8) is 0 Å². The second kappa shape index (κ2) is 4.58. The maximum absolute atomic E-state index is 10.7. The van der Waals surface area contributed by atoms with E-state index >= 15 is 0 Å². The molecule has 0 aromatic carbocycles. The van der Waals surface area contributed by atoms with Crippen molar-refractivity contribution in [3.8, 4) is 0 Å². The standard InChI is InChI=1S/C9H19N3O/c1-7-2-4-12(5-3-7)6-8(10)9(11)13/h7-8H,2-6,10H2,1H3,(H2,11,13). The summed E-state index contributed by atoms with van der Waals surface area (Å²) in [7, 11) is 0. The molecular weight excluding hydrogens is 166 g/mol. The number of hydrogen-bond acceptors (Lipinski definition) is 3. The van der Waals surface area contributed by atoms with Gasteiger partial charge in [0.05, 0.1) is 6.04 Å². The fourth-order valence-corrected chi connectivity index (χ4v) is 1.61. The normalized spacial score (nSPS) is 22.9. The van der Waals surface area contributed by atoms with Gasteiger partial charge in [-0.1, -0.05) is 6.92 Å². The largest absolute Gasteiger partial charge is 0.368 e. The van der Waals surface area contributed by atoms with E-state index in [1.807, 2.05) is 0 Å². The Morgan fingerprint density at radius 1 is 1.54 bits per heavy atom. The molecule has 0 saturated carbocycles. The summed E-state index contributed by atoms with van der Waals surface area (Å²) in [6.07, 6.45) is 2.40. The number of carbonyl (C=O) groups excluding carboxylic acids is 1. The number of rotatable bonds is 3. The highest BCUT2D eigenvalue weighted by Gasteiger charge is 2.19. The molecule has 1 unspecified atom stereocenters. The van der Waals surface area contributed by atoms with E-state index < -0.39 is 11.9 Å². The van der Waals surface area contributed by atoms with Crippen molar-refractivity contribution in [2.75, 3.05) is 19.6 Å². The summed E-state index contributed by atoms with van der Waals surface area (Å²) in [5.74, 6) is 0.402. The molecule has 0 spiro atoms. The van der Waals surface area contributed by atoms with Crippen LogP contribution < -0.4 is 11.5 Å². The summed E-state index contributed by atoms with van der Waals surface area (Å²) in [6, 6.07) is -0.506. The molecule has 13 heavy (non-hydrogen) atoms. The summed E-state index contributed by atoms with van der Waals surface area (Å²) in [4.78, 5) is 12.9. The smallest absolute Gasteiger partial charge is 0.235 e. The molecule has 4 N–H and O–H groups in total. The zero-order valence-electron chi connectivity index (χ0n) is 8.20. The molecule has 0 aromatic rings. The molecule has 1 atom stereocenters. The molecule has 0 aromatic heterocycles. The molecule has 0 radical (unpaired) electrons. The number of primary amides is 1. The first-order chi connectivity index (χ1) is 6.09. The lowest BCUT2D eigenvalue weighted by molar-refractivity contribution is -0.119. The van der Waals surface area contributed by atoms with Gasteiger partial charge in [0.2, 0.25) is 5.91 Å². The Morgan fingerprint density at radius 3 is 2.54 bits per heavy atom. The van der Waals surface area contributed by atoms with Gasteiger partial charge in [0.15, 0.2) is 0 Å². The van der Waals surface area contributed by atoms with Crippen LogP contribution in [0, 0.1) is 5.92 Å². The van der Waals surface area contributed by atoms with E-state index in [-0.39, 0.29) is 0 Å². The summed E-state index contributed by atoms with van der Waals surface area (Å²) < 4.78 is 0. The van der Waals surface area contributed by atoms with E-state index in [9.17, 15) is 4.79 Å². The van der Waals surface area contributed by atoms with Gasteiger partial charge in [-0.05, 0) is 31.8 Å². The van der Waals surface area contributed by atoms with Crippen LogP contribution in [0.4, 0.5) is 0 Å². The lowest BCUT2D eigenvalue weighted by Gasteiger charge is -2.31. The van der Waals surface area contributed by atoms with Crippen molar-refractivity contribution in [2.24, 2.45) is 17.4 Å². The third-order valence-corrected chi connectivity index (χ3v) is 2.70. The first kappa shape index (κ1) is 10.5. The molecular formula is C9H19N3O. The van der Waals surface area contributed by atoms with Crippen molar-refractivity contribution in [3.05, 3.63) is 0 Å². The molecule has 4 nitrogen and oxygen atoms in total. The van der Waals surface area contributed by atoms with Gasteiger partial charge in [0, 0.05) is 6.54 Å². The summed E-state index contributed by atoms with van der Waals surface area (Å²) >= 11 is 0. The van der Waals surface area contributed by atoms with Crippen molar-refractivity contribution in [1.29, 1.82) is 0 Å². The van der Waals surface area contributed by atoms with Gasteiger partial charge in [0.25, 0.3) is 0 Å². The summed E-state index contributed by atoms with van der Waals surface area (Å²) in [5, 5.41) is 0. The van der Waals surface area contributed by atoms with Crippen LogP contribution in [0.5, 0.6) is 0 Å². The number of nitrogens with zero attached hydrogens (tertiary/aromatic N) is 1. The van der Waals surface area contributed by atoms with E-state index in [1.54, 1.807) is 0 Å². The Labute approximate surface area is 79.3 Å². The molecule has 1 rings (SSSR count). The number of carbonyl (C=O) groups is 1. The Morgan fingerprint density at radius 2 is 2.08 bits per heavy atom. The summed E-state index contributed by atoms with van der Waals surface area (Å²) in [6.45, 7) is 4.96. The topological polar surface area (TPSA) is 72.3 Å². The van der Waals surface area contributed by atoms with Gasteiger partial charge in [-0.2, -0.15) is 0 Å². The SMILES string of the molecule is CC1CCN(CC(N)C(N)=O)CC1. The first-order valence-corrected chi connectivity index (χ1v) is 4.87. The van der Waals surface area contributed by atoms with Gasteiger partial charge in [-0.3, -0.25) is 4.79 Å². The minimum atomic E-state index is -0.506. The second-order valence-corrected chi connectivity index (χ2v) is 3.99. The fraction of sp³-hybridized carbons (Fsp3) is 0.889. The molecule has 1 aliphatic heterocycles. The molecule has 4 heteroatoms. The summed E-state index contributed by atoms with van der Waals surface area (Å²) in [5.41, 5.74) is 10.7. The zero-order valence-corrected chi connectivity index (χ0v) is 8.20. The number of piperidine rings is 1. The number of likely N-dealkylation sites (tertiary alicyclic amines) is 1. The molecule has 1 heterocycles. The van der Waals surface area contributed by atoms with Crippen LogP contribution in [0.2, 0.25) is 0 Å². The Hall–Kier alpha value is -0.610. The number of hydrogen-bond donors (Lipinski definition) is 2. The van der Waals surface area contributed by atoms with Crippen molar-refractivity contribution >= 4 is 5.91 Å². The predicted molar refractivity (Wildman–Crippen MR) is 52.0 cm³/mol. The highest BCUT2D eigenvalue weighted by molar-refractivity contribution is 5.79. The van der Waals surface area contributed by atoms with E-state index in [0.29, 0.717) is 6.54 Å². The second-order valence-electron chi connectivity index (χ2n) is 3.99. The third kappa shape index (κ3) is 3.32. The molecule has 76 valence electrons. The molecule has 0 bridgehead atoms. The zero-order chi connectivity index (χ0) is 9.84. The minimum absolute atomic E-state index is 0.404. The van der Waals surface area contributed by atoms with Crippen LogP contribution in [0.3, 0.4) is 0 Å². The average molecular weight is 185 g/mol. The maximum atomic E-state index is 10.7. The van der Waals surface area contributed by atoms with E-state index in [1.165, 1.54) is 12.8 Å². The molecule has 1 aliphatic rings. The van der Waals surface area contributed by atoms with Gasteiger partial charge < -0.3 is 16.4 Å². The van der Waals surface area contributed by atoms with E-state index in [0.717, 1.165) is 19.0 Å². The fourth-order valence-electron chi connectivity index (χ4n) is 1.61. The maximum Gasteiger partial charge on any atom is 0.235 e. The van der Waals surface area contributed by atoms with Crippen molar-refractivity contribution < 1.29 is 4.79 Å². The van der Waals surface area contributed by atoms with Crippen molar-refractivity contribution in [1.82, 2.24) is 4.90 Å². The molecule has 1 amide bonds. The number of amides is 1. The van der Waals surface area contributed by atoms with Gasteiger partial charge in [0.1, 0.15) is 0 Å². The number of nitrogens with two attached hydrogens (primary N) is 2. The van der Waals surface area contributed by atoms with Crippen LogP contribution in [0.15, 0.2) is 0 Å². The third-order valence-electron chi connectivity index (χ3n) is 2.70.